The molecule has 156 valence electrons. The van der Waals surface area contributed by atoms with Crippen LogP contribution in [0.3, 0.4) is 0 Å². The predicted molar refractivity (Wildman–Crippen MR) is 91.5 cm³/mol. The maximum atomic E-state index is 13.7. The van der Waals surface area contributed by atoms with E-state index in [2.05, 4.69) is 0 Å². The zero-order valence-corrected chi connectivity index (χ0v) is 16.2. The number of rotatable bonds is 9. The van der Waals surface area contributed by atoms with Gasteiger partial charge in [-0.15, -0.1) is 0 Å². The number of halogens is 2. The second kappa shape index (κ2) is 9.59. The minimum Gasteiger partial charge on any atom is -0.544 e. The van der Waals surface area contributed by atoms with Gasteiger partial charge in [0.25, 0.3) is 0 Å². The Kier molecular flexibility index (Phi) is 8.04. The highest BCUT2D eigenvalue weighted by molar-refractivity contribution is 5.93. The van der Waals surface area contributed by atoms with Crippen LogP contribution in [-0.4, -0.2) is 43.3 Å². The fraction of sp³-hybridized carbons (Fsp3) is 0.526. The van der Waals surface area contributed by atoms with Crippen LogP contribution in [0.4, 0.5) is 8.78 Å². The molecule has 1 aromatic rings. The third-order valence-corrected chi connectivity index (χ3v) is 3.83. The highest BCUT2D eigenvalue weighted by Crippen LogP contribution is 2.27. The molecule has 0 bridgehead atoms. The van der Waals surface area contributed by atoms with E-state index in [9.17, 15) is 28.3 Å². The van der Waals surface area contributed by atoms with Crippen LogP contribution in [0, 0.1) is 11.8 Å². The normalized spacial score (nSPS) is 13.9. The third kappa shape index (κ3) is 5.72. The lowest BCUT2D eigenvalue weighted by molar-refractivity contribution is -0.337. The van der Waals surface area contributed by atoms with Crippen molar-refractivity contribution >= 4 is 17.9 Å². The molecule has 1 rings (SSSR count). The van der Waals surface area contributed by atoms with E-state index in [4.69, 9.17) is 14.2 Å². The van der Waals surface area contributed by atoms with Crippen LogP contribution in [0.5, 0.6) is 0 Å². The molecular formula is C19H23F2O7-. The number of carbonyl (C=O) groups excluding carboxylic acids is 3. The maximum absolute atomic E-state index is 13.7. The van der Waals surface area contributed by atoms with Crippen molar-refractivity contribution in [2.24, 2.45) is 11.8 Å². The monoisotopic (exact) mass is 401 g/mol. The summed E-state index contributed by atoms with van der Waals surface area (Å²) in [5.74, 6) is -9.88. The van der Waals surface area contributed by atoms with Gasteiger partial charge in [-0.05, 0) is 30.2 Å². The molecule has 9 heteroatoms. The topological polar surface area (TPSA) is 102 Å². The number of hydrogen-bond donors (Lipinski definition) is 0. The minimum atomic E-state index is -4.35. The second-order valence-corrected chi connectivity index (χ2v) is 6.81. The summed E-state index contributed by atoms with van der Waals surface area (Å²) in [6.45, 7) is 6.17. The van der Waals surface area contributed by atoms with Crippen molar-refractivity contribution in [3.8, 4) is 0 Å². The van der Waals surface area contributed by atoms with Gasteiger partial charge in [-0.25, -0.2) is 9.59 Å². The number of ether oxygens (including phenoxy) is 3. The largest absolute Gasteiger partial charge is 0.544 e. The molecule has 0 N–H and O–H groups in total. The van der Waals surface area contributed by atoms with Gasteiger partial charge in [-0.1, -0.05) is 27.7 Å². The van der Waals surface area contributed by atoms with E-state index in [1.807, 2.05) is 0 Å². The second-order valence-electron chi connectivity index (χ2n) is 6.81. The third-order valence-electron chi connectivity index (χ3n) is 3.83. The maximum Gasteiger partial charge on any atom is 0.340 e. The minimum absolute atomic E-state index is 0.0819. The number of benzene rings is 1. The Bertz CT molecular complexity index is 699. The molecule has 28 heavy (non-hydrogen) atoms. The molecule has 0 saturated heterocycles. The summed E-state index contributed by atoms with van der Waals surface area (Å²) in [6, 6.07) is 4.88. The van der Waals surface area contributed by atoms with E-state index >= 15 is 0 Å². The summed E-state index contributed by atoms with van der Waals surface area (Å²) in [5.41, 5.74) is -0.0248. The predicted octanol–water partition coefficient (Wildman–Crippen LogP) is 2.04. The van der Waals surface area contributed by atoms with E-state index < -0.39 is 42.1 Å². The van der Waals surface area contributed by atoms with E-state index in [1.54, 1.807) is 13.8 Å². The van der Waals surface area contributed by atoms with Crippen LogP contribution in [-0.2, 0) is 19.0 Å². The Hall–Kier alpha value is -2.55. The summed E-state index contributed by atoms with van der Waals surface area (Å²) < 4.78 is 42.3. The first-order valence-corrected chi connectivity index (χ1v) is 8.55. The Morgan fingerprint density at radius 3 is 1.64 bits per heavy atom. The Balaban J connectivity index is 2.91. The number of esters is 2. The van der Waals surface area contributed by atoms with Gasteiger partial charge in [0.2, 0.25) is 6.29 Å². The van der Waals surface area contributed by atoms with Gasteiger partial charge in [0.15, 0.2) is 6.10 Å². The number of methoxy groups -OCH3 is 1. The van der Waals surface area contributed by atoms with Crippen LogP contribution in [0.1, 0.15) is 48.4 Å². The molecule has 0 aliphatic heterocycles. The first-order valence-electron chi connectivity index (χ1n) is 8.55. The molecule has 0 aromatic heterocycles. The van der Waals surface area contributed by atoms with Crippen molar-refractivity contribution in [2.75, 3.05) is 7.11 Å². The molecule has 2 atom stereocenters. The molecule has 0 fully saturated rings. The average molecular weight is 401 g/mol. The van der Waals surface area contributed by atoms with Crippen molar-refractivity contribution in [2.45, 2.75) is 46.0 Å². The number of aliphatic carboxylic acids is 1. The number of carbonyl (C=O) groups is 3. The highest BCUT2D eigenvalue weighted by Gasteiger charge is 2.46. The van der Waals surface area contributed by atoms with E-state index in [0.29, 0.717) is 0 Å². The summed E-state index contributed by atoms with van der Waals surface area (Å²) in [5, 5.41) is 10.7. The Morgan fingerprint density at radius 1 is 0.893 bits per heavy atom. The van der Waals surface area contributed by atoms with Crippen LogP contribution in [0.15, 0.2) is 24.3 Å². The Labute approximate surface area is 161 Å². The van der Waals surface area contributed by atoms with Gasteiger partial charge in [-0.3, -0.25) is 0 Å². The molecule has 0 amide bonds. The van der Waals surface area contributed by atoms with Gasteiger partial charge in [0, 0.05) is 13.0 Å². The summed E-state index contributed by atoms with van der Waals surface area (Å²) in [4.78, 5) is 34.9. The lowest BCUT2D eigenvalue weighted by atomic mass is 10.0. The lowest BCUT2D eigenvalue weighted by Gasteiger charge is -2.30. The zero-order chi connectivity index (χ0) is 21.6. The van der Waals surface area contributed by atoms with E-state index in [0.717, 1.165) is 0 Å². The fourth-order valence-corrected chi connectivity index (χ4v) is 2.30. The molecular weight excluding hydrogens is 378 g/mol. The molecule has 7 nitrogen and oxygen atoms in total. The first kappa shape index (κ1) is 23.5. The number of carboxylic acids is 1. The zero-order valence-electron chi connectivity index (χ0n) is 16.2. The van der Waals surface area contributed by atoms with Gasteiger partial charge < -0.3 is 24.1 Å². The number of hydrogen-bond acceptors (Lipinski definition) is 7. The fourth-order valence-electron chi connectivity index (χ4n) is 2.30. The van der Waals surface area contributed by atoms with Crippen LogP contribution >= 0.6 is 0 Å². The number of alkyl halides is 2. The van der Waals surface area contributed by atoms with Crippen LogP contribution in [0.2, 0.25) is 0 Å². The molecule has 0 radical (unpaired) electrons. The van der Waals surface area contributed by atoms with Crippen molar-refractivity contribution < 1.29 is 42.5 Å². The van der Waals surface area contributed by atoms with E-state index in [1.165, 1.54) is 45.2 Å². The molecule has 0 spiro atoms. The van der Waals surface area contributed by atoms with Crippen molar-refractivity contribution in [1.82, 2.24) is 0 Å². The Morgan fingerprint density at radius 2 is 1.32 bits per heavy atom. The van der Waals surface area contributed by atoms with Crippen LogP contribution < -0.4 is 5.11 Å². The number of carboxylic acid groups (broad SMARTS) is 1. The molecule has 2 unspecified atom stereocenters. The SMILES string of the molecule is COC(OC(=O)c1ccc(C(=O)OC(C(C)C)C(F)(F)C(=O)[O-])cc1)C(C)C. The summed E-state index contributed by atoms with van der Waals surface area (Å²) in [7, 11) is 1.39. The van der Waals surface area contributed by atoms with Gasteiger partial charge in [0.05, 0.1) is 11.1 Å². The van der Waals surface area contributed by atoms with E-state index in [-0.39, 0.29) is 17.0 Å². The molecule has 1 aromatic carbocycles. The van der Waals surface area contributed by atoms with Gasteiger partial charge in [0.1, 0.15) is 5.97 Å². The highest BCUT2D eigenvalue weighted by atomic mass is 19.3. The summed E-state index contributed by atoms with van der Waals surface area (Å²) >= 11 is 0. The lowest BCUT2D eigenvalue weighted by Crippen LogP contribution is -2.53. The summed E-state index contributed by atoms with van der Waals surface area (Å²) in [6.07, 6.45) is -2.96. The van der Waals surface area contributed by atoms with Crippen molar-refractivity contribution in [3.63, 3.8) is 0 Å². The molecule has 0 heterocycles. The van der Waals surface area contributed by atoms with Crippen molar-refractivity contribution in [3.05, 3.63) is 35.4 Å². The molecule has 0 aliphatic carbocycles. The standard InChI is InChI=1S/C19H24F2O7/c1-10(2)14(19(20,21)18(24)25)27-15(22)12-6-8-13(9-7-12)16(23)28-17(26-5)11(3)4/h6-11,14,17H,1-5H3,(H,24,25)/p-1. The average Bonchev–Trinajstić information content (AvgIpc) is 2.62. The van der Waals surface area contributed by atoms with Crippen LogP contribution in [0.25, 0.3) is 0 Å². The molecule has 0 saturated carbocycles. The smallest absolute Gasteiger partial charge is 0.340 e. The first-order chi connectivity index (χ1) is 12.9. The van der Waals surface area contributed by atoms with Gasteiger partial charge in [-0.2, -0.15) is 8.78 Å². The quantitative estimate of drug-likeness (QED) is 0.461. The molecule has 0 aliphatic rings. The van der Waals surface area contributed by atoms with Crippen molar-refractivity contribution in [1.29, 1.82) is 0 Å². The van der Waals surface area contributed by atoms with Gasteiger partial charge >= 0.3 is 17.9 Å².